The van der Waals surface area contributed by atoms with E-state index in [9.17, 15) is 9.59 Å². The zero-order valence-corrected chi connectivity index (χ0v) is 9.30. The molecule has 0 aliphatic rings. The van der Waals surface area contributed by atoms with Crippen LogP contribution in [0, 0.1) is 0 Å². The molecule has 0 saturated carbocycles. The first-order valence-electron chi connectivity index (χ1n) is 5.06. The number of carbonyl (C=O) groups is 2. The molecule has 6 nitrogen and oxygen atoms in total. The van der Waals surface area contributed by atoms with E-state index >= 15 is 0 Å². The van der Waals surface area contributed by atoms with E-state index in [1.54, 1.807) is 10.9 Å². The van der Waals surface area contributed by atoms with Gasteiger partial charge >= 0.3 is 5.97 Å². The van der Waals surface area contributed by atoms with Crippen LogP contribution in [0.5, 0.6) is 0 Å². The molecule has 88 valence electrons. The van der Waals surface area contributed by atoms with E-state index in [0.717, 1.165) is 6.42 Å². The van der Waals surface area contributed by atoms with Crippen molar-refractivity contribution in [1.29, 1.82) is 0 Å². The number of aryl methyl sites for hydroxylation is 1. The van der Waals surface area contributed by atoms with Crippen molar-refractivity contribution in [2.75, 3.05) is 0 Å². The average molecular weight is 225 g/mol. The van der Waals surface area contributed by atoms with Gasteiger partial charge in [-0.05, 0) is 6.42 Å². The maximum atomic E-state index is 11.0. The quantitative estimate of drug-likeness (QED) is 0.766. The summed E-state index contributed by atoms with van der Waals surface area (Å²) in [5.74, 6) is -1.47. The minimum Gasteiger partial charge on any atom is -0.479 e. The summed E-state index contributed by atoms with van der Waals surface area (Å²) in [6.07, 6.45) is 3.90. The Bertz CT molecular complexity index is 386. The number of amides is 1. The van der Waals surface area contributed by atoms with E-state index in [-0.39, 0.29) is 5.91 Å². The van der Waals surface area contributed by atoms with Gasteiger partial charge < -0.3 is 15.0 Å². The van der Waals surface area contributed by atoms with Gasteiger partial charge in [0.2, 0.25) is 5.91 Å². The molecule has 0 saturated heterocycles. The number of aromatic nitrogens is 2. The number of hydrogen-bond donors (Lipinski definition) is 2. The molecule has 1 aromatic rings. The smallest absolute Gasteiger partial charge is 0.332 e. The van der Waals surface area contributed by atoms with Crippen molar-refractivity contribution in [3.63, 3.8) is 0 Å². The molecule has 1 rings (SSSR count). The zero-order chi connectivity index (χ0) is 12.1. The molecule has 0 aromatic carbocycles. The minimum absolute atomic E-state index is 0.378. The molecule has 0 fully saturated rings. The number of nitrogens with one attached hydrogen (secondary N) is 1. The molecule has 2 N–H and O–H groups in total. The first-order valence-corrected chi connectivity index (χ1v) is 5.06. The molecular formula is C10H15N3O3. The van der Waals surface area contributed by atoms with Crippen molar-refractivity contribution in [2.24, 2.45) is 0 Å². The van der Waals surface area contributed by atoms with Crippen LogP contribution >= 0.6 is 0 Å². The van der Waals surface area contributed by atoms with Gasteiger partial charge in [0.15, 0.2) is 6.04 Å². The van der Waals surface area contributed by atoms with Crippen LogP contribution in [-0.2, 0) is 16.1 Å². The number of imidazole rings is 1. The second kappa shape index (κ2) is 5.29. The molecule has 0 aliphatic carbocycles. The van der Waals surface area contributed by atoms with Gasteiger partial charge in [0, 0.05) is 13.5 Å². The summed E-state index contributed by atoms with van der Waals surface area (Å²) in [5, 5.41) is 11.4. The second-order valence-corrected chi connectivity index (χ2v) is 3.48. The van der Waals surface area contributed by atoms with E-state index < -0.39 is 12.0 Å². The Morgan fingerprint density at radius 1 is 1.62 bits per heavy atom. The van der Waals surface area contributed by atoms with Crippen LogP contribution in [0.2, 0.25) is 0 Å². The third kappa shape index (κ3) is 2.82. The molecule has 0 radical (unpaired) electrons. The van der Waals surface area contributed by atoms with Gasteiger partial charge in [0.1, 0.15) is 0 Å². The summed E-state index contributed by atoms with van der Waals surface area (Å²) in [7, 11) is 0. The molecule has 0 aliphatic heterocycles. The Labute approximate surface area is 93.3 Å². The molecule has 6 heteroatoms. The first kappa shape index (κ1) is 12.2. The van der Waals surface area contributed by atoms with Gasteiger partial charge in [0.05, 0.1) is 18.2 Å². The summed E-state index contributed by atoms with van der Waals surface area (Å²) in [4.78, 5) is 25.9. The SMILES string of the molecule is CCCn1cncc1C(NC(C)=O)C(=O)O. The van der Waals surface area contributed by atoms with Gasteiger partial charge in [0.25, 0.3) is 0 Å². The highest BCUT2D eigenvalue weighted by atomic mass is 16.4. The highest BCUT2D eigenvalue weighted by molar-refractivity contribution is 5.82. The summed E-state index contributed by atoms with van der Waals surface area (Å²) < 4.78 is 1.73. The lowest BCUT2D eigenvalue weighted by molar-refractivity contribution is -0.141. The normalized spacial score (nSPS) is 12.1. The summed E-state index contributed by atoms with van der Waals surface area (Å²) >= 11 is 0. The predicted molar refractivity (Wildman–Crippen MR) is 56.7 cm³/mol. The number of nitrogens with zero attached hydrogens (tertiary/aromatic N) is 2. The largest absolute Gasteiger partial charge is 0.479 e. The fraction of sp³-hybridized carbons (Fsp3) is 0.500. The van der Waals surface area contributed by atoms with Crippen LogP contribution in [0.4, 0.5) is 0 Å². The highest BCUT2D eigenvalue weighted by Crippen LogP contribution is 2.13. The molecule has 1 unspecified atom stereocenters. The van der Waals surface area contributed by atoms with Crippen LogP contribution in [0.3, 0.4) is 0 Å². The lowest BCUT2D eigenvalue weighted by Gasteiger charge is -2.15. The van der Waals surface area contributed by atoms with Crippen LogP contribution in [0.15, 0.2) is 12.5 Å². The third-order valence-corrected chi connectivity index (χ3v) is 2.10. The van der Waals surface area contributed by atoms with Crippen molar-refractivity contribution in [1.82, 2.24) is 14.9 Å². The Hall–Kier alpha value is -1.85. The Balaban J connectivity index is 2.96. The van der Waals surface area contributed by atoms with Crippen molar-refractivity contribution in [2.45, 2.75) is 32.9 Å². The fourth-order valence-corrected chi connectivity index (χ4v) is 1.46. The topological polar surface area (TPSA) is 84.2 Å². The van der Waals surface area contributed by atoms with Crippen LogP contribution in [0.25, 0.3) is 0 Å². The van der Waals surface area contributed by atoms with Crippen LogP contribution in [-0.4, -0.2) is 26.5 Å². The van der Waals surface area contributed by atoms with Gasteiger partial charge in [-0.1, -0.05) is 6.92 Å². The molecule has 0 bridgehead atoms. The minimum atomic E-state index is -1.09. The van der Waals surface area contributed by atoms with E-state index in [1.807, 2.05) is 6.92 Å². The number of carboxylic acids is 1. The molecule has 1 atom stereocenters. The predicted octanol–water partition coefficient (Wildman–Crippen LogP) is 0.555. The van der Waals surface area contributed by atoms with E-state index in [1.165, 1.54) is 13.1 Å². The Morgan fingerprint density at radius 3 is 2.81 bits per heavy atom. The molecule has 1 amide bonds. The summed E-state index contributed by atoms with van der Waals surface area (Å²) in [6, 6.07) is -1.04. The highest BCUT2D eigenvalue weighted by Gasteiger charge is 2.23. The second-order valence-electron chi connectivity index (χ2n) is 3.48. The average Bonchev–Trinajstić information content (AvgIpc) is 2.62. The van der Waals surface area contributed by atoms with E-state index in [4.69, 9.17) is 5.11 Å². The molecular weight excluding hydrogens is 210 g/mol. The maximum absolute atomic E-state index is 11.0. The third-order valence-electron chi connectivity index (χ3n) is 2.10. The number of rotatable bonds is 5. The van der Waals surface area contributed by atoms with Crippen LogP contribution < -0.4 is 5.32 Å². The summed E-state index contributed by atoms with van der Waals surface area (Å²) in [5.41, 5.74) is 0.490. The number of carbonyl (C=O) groups excluding carboxylic acids is 1. The lowest BCUT2D eigenvalue weighted by Crippen LogP contribution is -2.33. The van der Waals surface area contributed by atoms with E-state index in [2.05, 4.69) is 10.3 Å². The maximum Gasteiger partial charge on any atom is 0.332 e. The standard InChI is InChI=1S/C10H15N3O3/c1-3-4-13-6-11-5-8(13)9(10(15)16)12-7(2)14/h5-6,9H,3-4H2,1-2H3,(H,12,14)(H,15,16). The van der Waals surface area contributed by atoms with Crippen molar-refractivity contribution >= 4 is 11.9 Å². The van der Waals surface area contributed by atoms with Gasteiger partial charge in [-0.25, -0.2) is 9.78 Å². The zero-order valence-electron chi connectivity index (χ0n) is 9.30. The van der Waals surface area contributed by atoms with Crippen LogP contribution in [0.1, 0.15) is 32.0 Å². The Morgan fingerprint density at radius 2 is 2.31 bits per heavy atom. The van der Waals surface area contributed by atoms with Crippen molar-refractivity contribution in [3.8, 4) is 0 Å². The van der Waals surface area contributed by atoms with Crippen molar-refractivity contribution < 1.29 is 14.7 Å². The monoisotopic (exact) mass is 225 g/mol. The molecule has 1 heterocycles. The number of carboxylic acid groups (broad SMARTS) is 1. The lowest BCUT2D eigenvalue weighted by atomic mass is 10.2. The fourth-order valence-electron chi connectivity index (χ4n) is 1.46. The Kier molecular flexibility index (Phi) is 4.04. The van der Waals surface area contributed by atoms with E-state index in [0.29, 0.717) is 12.2 Å². The number of hydrogen-bond acceptors (Lipinski definition) is 3. The summed E-state index contributed by atoms with van der Waals surface area (Å²) in [6.45, 7) is 3.95. The van der Waals surface area contributed by atoms with Gasteiger partial charge in [-0.2, -0.15) is 0 Å². The molecule has 16 heavy (non-hydrogen) atoms. The first-order chi connectivity index (χ1) is 7.56. The molecule has 0 spiro atoms. The van der Waals surface area contributed by atoms with Gasteiger partial charge in [-0.15, -0.1) is 0 Å². The van der Waals surface area contributed by atoms with Crippen molar-refractivity contribution in [3.05, 3.63) is 18.2 Å². The number of aliphatic carboxylic acids is 1. The molecule has 1 aromatic heterocycles. The van der Waals surface area contributed by atoms with Gasteiger partial charge in [-0.3, -0.25) is 4.79 Å².